The van der Waals surface area contributed by atoms with E-state index < -0.39 is 17.6 Å². The third-order valence-corrected chi connectivity index (χ3v) is 3.64. The van der Waals surface area contributed by atoms with Crippen molar-refractivity contribution in [3.05, 3.63) is 28.3 Å². The molecule has 0 spiro atoms. The number of non-ortho nitro benzene ring substituents is 1. The molecule has 2 amide bonds. The molecule has 0 radical (unpaired) electrons. The van der Waals surface area contributed by atoms with Gasteiger partial charge in [0.05, 0.1) is 10.6 Å². The summed E-state index contributed by atoms with van der Waals surface area (Å²) in [6.45, 7) is -0.587. The highest BCUT2D eigenvalue weighted by Gasteiger charge is 2.21. The fraction of sp³-hybridized carbons (Fsp3) is 0.500. The summed E-state index contributed by atoms with van der Waals surface area (Å²) >= 11 is 0. The Bertz CT molecular complexity index is 614. The number of rotatable bonds is 4. The number of anilines is 1. The summed E-state index contributed by atoms with van der Waals surface area (Å²) in [7, 11) is 1.94. The minimum atomic E-state index is -3.10. The third-order valence-electron chi connectivity index (χ3n) is 3.64. The van der Waals surface area contributed by atoms with Crippen LogP contribution in [-0.2, 0) is 0 Å². The van der Waals surface area contributed by atoms with E-state index in [1.165, 1.54) is 4.90 Å². The molecule has 0 aromatic heterocycles. The fourth-order valence-corrected chi connectivity index (χ4v) is 2.37. The zero-order chi connectivity index (χ0) is 17.7. The van der Waals surface area contributed by atoms with Crippen LogP contribution in [0.2, 0.25) is 0 Å². The molecule has 0 unspecified atom stereocenters. The molecule has 2 rings (SSSR count). The Kier molecular flexibility index (Phi) is 5.85. The summed E-state index contributed by atoms with van der Waals surface area (Å²) in [5, 5.41) is 13.3. The van der Waals surface area contributed by atoms with Crippen LogP contribution in [0.3, 0.4) is 0 Å². The highest BCUT2D eigenvalue weighted by atomic mass is 19.3. The van der Waals surface area contributed by atoms with E-state index in [1.54, 1.807) is 0 Å². The number of hydrogen-bond acceptors (Lipinski definition) is 5. The maximum absolute atomic E-state index is 12.5. The topological polar surface area (TPSA) is 88.0 Å². The van der Waals surface area contributed by atoms with E-state index in [2.05, 4.69) is 15.0 Å². The second kappa shape index (κ2) is 7.86. The minimum absolute atomic E-state index is 0.160. The maximum atomic E-state index is 12.5. The first-order chi connectivity index (χ1) is 11.4. The lowest BCUT2D eigenvalue weighted by Crippen LogP contribution is -2.37. The number of nitro groups is 1. The first kappa shape index (κ1) is 17.9. The fourth-order valence-electron chi connectivity index (χ4n) is 2.37. The van der Waals surface area contributed by atoms with Crippen molar-refractivity contribution in [2.24, 2.45) is 0 Å². The second-order valence-corrected chi connectivity index (χ2v) is 5.39. The number of urea groups is 1. The predicted molar refractivity (Wildman–Crippen MR) is 82.4 cm³/mol. The number of ether oxygens (including phenoxy) is 1. The number of nitrogens with one attached hydrogen (secondary N) is 1. The van der Waals surface area contributed by atoms with Crippen molar-refractivity contribution >= 4 is 17.4 Å². The summed E-state index contributed by atoms with van der Waals surface area (Å²) in [5.41, 5.74) is -0.491. The van der Waals surface area contributed by atoms with Crippen LogP contribution in [0, 0.1) is 10.1 Å². The monoisotopic (exact) mass is 344 g/mol. The Morgan fingerprint density at radius 1 is 1.33 bits per heavy atom. The number of nitro benzene ring substituents is 1. The number of alkyl halides is 2. The number of hydrogen-bond donors (Lipinski definition) is 1. The largest absolute Gasteiger partial charge is 0.433 e. The normalized spacial score (nSPS) is 15.9. The van der Waals surface area contributed by atoms with Crippen LogP contribution >= 0.6 is 0 Å². The molecule has 0 aliphatic carbocycles. The molecule has 1 saturated heterocycles. The molecule has 1 aromatic carbocycles. The van der Waals surface area contributed by atoms with Gasteiger partial charge in [0.25, 0.3) is 5.69 Å². The zero-order valence-corrected chi connectivity index (χ0v) is 13.1. The molecular weight excluding hydrogens is 326 g/mol. The van der Waals surface area contributed by atoms with Gasteiger partial charge in [-0.1, -0.05) is 0 Å². The summed E-state index contributed by atoms with van der Waals surface area (Å²) in [6, 6.07) is 2.56. The van der Waals surface area contributed by atoms with Crippen LogP contribution in [0.5, 0.6) is 5.75 Å². The lowest BCUT2D eigenvalue weighted by Gasteiger charge is -2.21. The summed E-state index contributed by atoms with van der Waals surface area (Å²) in [6.07, 6.45) is 0.777. The van der Waals surface area contributed by atoms with Gasteiger partial charge in [-0.2, -0.15) is 8.78 Å². The number of likely N-dealkylation sites (N-methyl/N-ethyl adjacent to an activating group) is 1. The molecule has 1 heterocycles. The zero-order valence-electron chi connectivity index (χ0n) is 13.1. The Morgan fingerprint density at radius 3 is 2.75 bits per heavy atom. The van der Waals surface area contributed by atoms with Crippen molar-refractivity contribution < 1.29 is 23.2 Å². The number of benzene rings is 1. The molecule has 1 aliphatic rings. The number of amides is 2. The van der Waals surface area contributed by atoms with Gasteiger partial charge in [-0.15, -0.1) is 0 Å². The smallest absolute Gasteiger partial charge is 0.387 e. The molecule has 1 aliphatic heterocycles. The maximum Gasteiger partial charge on any atom is 0.387 e. The van der Waals surface area contributed by atoms with Gasteiger partial charge in [-0.05, 0) is 26.1 Å². The molecule has 132 valence electrons. The molecular formula is C14H18F2N4O4. The predicted octanol–water partition coefficient (Wildman–Crippen LogP) is 2.37. The molecule has 10 heteroatoms. The molecule has 0 atom stereocenters. The summed E-state index contributed by atoms with van der Waals surface area (Å²) < 4.78 is 29.2. The van der Waals surface area contributed by atoms with Crippen LogP contribution in [0.1, 0.15) is 6.42 Å². The summed E-state index contributed by atoms with van der Waals surface area (Å²) in [4.78, 5) is 26.1. The van der Waals surface area contributed by atoms with E-state index >= 15 is 0 Å². The average molecular weight is 344 g/mol. The van der Waals surface area contributed by atoms with E-state index in [0.29, 0.717) is 19.6 Å². The Morgan fingerprint density at radius 2 is 2.08 bits per heavy atom. The Balaban J connectivity index is 2.17. The van der Waals surface area contributed by atoms with Gasteiger partial charge in [-0.25, -0.2) is 4.79 Å². The van der Waals surface area contributed by atoms with Crippen molar-refractivity contribution in [1.82, 2.24) is 9.80 Å². The number of halogens is 2. The number of carbonyl (C=O) groups is 1. The molecule has 1 N–H and O–H groups in total. The second-order valence-electron chi connectivity index (χ2n) is 5.39. The van der Waals surface area contributed by atoms with Crippen LogP contribution < -0.4 is 10.1 Å². The lowest BCUT2D eigenvalue weighted by molar-refractivity contribution is -0.384. The van der Waals surface area contributed by atoms with Gasteiger partial charge in [0, 0.05) is 31.8 Å². The van der Waals surface area contributed by atoms with E-state index in [4.69, 9.17) is 0 Å². The molecule has 24 heavy (non-hydrogen) atoms. The van der Waals surface area contributed by atoms with Crippen molar-refractivity contribution in [3.8, 4) is 5.75 Å². The highest BCUT2D eigenvalue weighted by Crippen LogP contribution is 2.30. The van der Waals surface area contributed by atoms with E-state index in [0.717, 1.165) is 31.2 Å². The van der Waals surface area contributed by atoms with E-state index in [9.17, 15) is 23.7 Å². The van der Waals surface area contributed by atoms with Gasteiger partial charge in [0.1, 0.15) is 5.75 Å². The van der Waals surface area contributed by atoms with Crippen molar-refractivity contribution in [1.29, 1.82) is 0 Å². The number of carbonyl (C=O) groups excluding carboxylic acids is 1. The first-order valence-electron chi connectivity index (χ1n) is 7.34. The van der Waals surface area contributed by atoms with Crippen LogP contribution in [0.4, 0.5) is 25.0 Å². The lowest BCUT2D eigenvalue weighted by atomic mass is 10.2. The summed E-state index contributed by atoms with van der Waals surface area (Å²) in [5.74, 6) is -0.323. The van der Waals surface area contributed by atoms with Gasteiger partial charge >= 0.3 is 12.6 Å². The quantitative estimate of drug-likeness (QED) is 0.669. The standard InChI is InChI=1S/C14H18F2N4O4/c1-18-5-2-6-19(8-7-18)14(21)17-11-9-10(20(22)23)3-4-12(11)24-13(15)16/h3-4,9,13H,2,5-8H2,1H3,(H,17,21). The molecule has 8 nitrogen and oxygen atoms in total. The molecule has 0 saturated carbocycles. The van der Waals surface area contributed by atoms with Gasteiger partial charge in [0.15, 0.2) is 0 Å². The van der Waals surface area contributed by atoms with Crippen LogP contribution in [0.25, 0.3) is 0 Å². The van der Waals surface area contributed by atoms with Gasteiger partial charge in [-0.3, -0.25) is 10.1 Å². The van der Waals surface area contributed by atoms with Gasteiger partial charge in [0.2, 0.25) is 0 Å². The first-order valence-corrected chi connectivity index (χ1v) is 7.34. The molecule has 0 bridgehead atoms. The number of nitrogens with zero attached hydrogens (tertiary/aromatic N) is 3. The van der Waals surface area contributed by atoms with Crippen molar-refractivity contribution in [3.63, 3.8) is 0 Å². The van der Waals surface area contributed by atoms with Gasteiger partial charge < -0.3 is 19.9 Å². The van der Waals surface area contributed by atoms with Crippen LogP contribution in [-0.4, -0.2) is 60.6 Å². The van der Waals surface area contributed by atoms with E-state index in [-0.39, 0.29) is 17.1 Å². The average Bonchev–Trinajstić information content (AvgIpc) is 2.73. The van der Waals surface area contributed by atoms with Crippen LogP contribution in [0.15, 0.2) is 18.2 Å². The highest BCUT2D eigenvalue weighted by molar-refractivity contribution is 5.91. The van der Waals surface area contributed by atoms with E-state index in [1.807, 2.05) is 7.05 Å². The third kappa shape index (κ3) is 4.75. The Hall–Kier alpha value is -2.49. The Labute approximate surface area is 137 Å². The van der Waals surface area contributed by atoms with Crippen molar-refractivity contribution in [2.45, 2.75) is 13.0 Å². The SMILES string of the molecule is CN1CCCN(C(=O)Nc2cc([N+](=O)[O-])ccc2OC(F)F)CC1. The van der Waals surface area contributed by atoms with Crippen molar-refractivity contribution in [2.75, 3.05) is 38.5 Å². The molecule has 1 aromatic rings. The molecule has 1 fully saturated rings. The minimum Gasteiger partial charge on any atom is -0.433 e.